The van der Waals surface area contributed by atoms with Crippen molar-refractivity contribution in [3.05, 3.63) is 41.5 Å². The summed E-state index contributed by atoms with van der Waals surface area (Å²) >= 11 is 0. The molecule has 0 bridgehead atoms. The summed E-state index contributed by atoms with van der Waals surface area (Å²) in [5, 5.41) is 9.13. The minimum absolute atomic E-state index is 0.206. The van der Waals surface area contributed by atoms with Crippen LogP contribution in [0, 0.1) is 11.3 Å². The Kier molecular flexibility index (Phi) is 5.65. The van der Waals surface area contributed by atoms with Crippen molar-refractivity contribution in [2.45, 2.75) is 45.8 Å². The van der Waals surface area contributed by atoms with Crippen LogP contribution in [0.5, 0.6) is 17.5 Å². The van der Waals surface area contributed by atoms with Gasteiger partial charge in [0.1, 0.15) is 23.7 Å². The second-order valence-electron chi connectivity index (χ2n) is 7.65. The fourth-order valence-electron chi connectivity index (χ4n) is 2.84. The Morgan fingerprint density at radius 3 is 2.45 bits per heavy atom. The van der Waals surface area contributed by atoms with Crippen molar-refractivity contribution in [3.63, 3.8) is 0 Å². The van der Waals surface area contributed by atoms with Gasteiger partial charge in [0, 0.05) is 11.6 Å². The average molecular weight is 394 g/mol. The van der Waals surface area contributed by atoms with Gasteiger partial charge < -0.3 is 18.8 Å². The largest absolute Gasteiger partial charge is 0.495 e. The molecule has 0 unspecified atom stereocenters. The average Bonchev–Trinajstić information content (AvgIpc) is 2.89. The highest BCUT2D eigenvalue weighted by Gasteiger charge is 2.52. The summed E-state index contributed by atoms with van der Waals surface area (Å²) in [7, 11) is -0.646. The van der Waals surface area contributed by atoms with Crippen LogP contribution in [0.25, 0.3) is 0 Å². The van der Waals surface area contributed by atoms with Crippen molar-refractivity contribution in [2.24, 2.45) is 0 Å². The number of nitriles is 1. The lowest BCUT2D eigenvalue weighted by Gasteiger charge is -2.32. The van der Waals surface area contributed by atoms with Crippen molar-refractivity contribution >= 4 is 18.9 Å². The van der Waals surface area contributed by atoms with Crippen molar-refractivity contribution in [1.82, 2.24) is 4.98 Å². The number of aromatic nitrogens is 1. The van der Waals surface area contributed by atoms with Crippen LogP contribution in [0.1, 0.15) is 50.5 Å². The van der Waals surface area contributed by atoms with E-state index in [4.69, 9.17) is 24.0 Å². The van der Waals surface area contributed by atoms with Gasteiger partial charge in [0.25, 0.3) is 0 Å². The first-order valence-electron chi connectivity index (χ1n) is 9.37. The summed E-state index contributed by atoms with van der Waals surface area (Å²) in [4.78, 5) is 15.9. The molecule has 3 rings (SSSR count). The summed E-state index contributed by atoms with van der Waals surface area (Å²) < 4.78 is 23.2. The molecule has 1 aromatic heterocycles. The number of carbonyl (C=O) groups is 1. The normalized spacial score (nSPS) is 16.9. The molecule has 0 amide bonds. The summed E-state index contributed by atoms with van der Waals surface area (Å²) in [6.07, 6.45) is 0.741. The van der Waals surface area contributed by atoms with Crippen LogP contribution < -0.4 is 14.9 Å². The molecule has 29 heavy (non-hydrogen) atoms. The molecule has 150 valence electrons. The first-order valence-corrected chi connectivity index (χ1v) is 9.37. The van der Waals surface area contributed by atoms with E-state index in [-0.39, 0.29) is 11.8 Å². The zero-order valence-corrected chi connectivity index (χ0v) is 17.2. The third-order valence-electron chi connectivity index (χ3n) is 5.15. The van der Waals surface area contributed by atoms with Gasteiger partial charge in [0.05, 0.1) is 17.8 Å². The standard InChI is InChI=1S/C21H23BN2O5/c1-6-26-19-14(12-23)7-10-18(24-19)27-16-8-9-17(15(11-16)13-25)22-28-20(2,3)21(4,5)29-22/h7-11,13H,6H2,1-5H3. The fourth-order valence-corrected chi connectivity index (χ4v) is 2.84. The summed E-state index contributed by atoms with van der Waals surface area (Å²) in [5.41, 5.74) is 0.349. The number of pyridine rings is 1. The molecule has 0 radical (unpaired) electrons. The van der Waals surface area contributed by atoms with E-state index in [1.807, 2.05) is 33.8 Å². The van der Waals surface area contributed by atoms with Crippen molar-refractivity contribution in [2.75, 3.05) is 6.61 Å². The summed E-state index contributed by atoms with van der Waals surface area (Å²) in [6, 6.07) is 10.2. The molecule has 0 saturated carbocycles. The molecular formula is C21H23BN2O5. The van der Waals surface area contributed by atoms with Gasteiger partial charge in [-0.25, -0.2) is 0 Å². The summed E-state index contributed by atoms with van der Waals surface area (Å²) in [6.45, 7) is 10.0. The van der Waals surface area contributed by atoms with E-state index < -0.39 is 18.3 Å². The molecule has 1 fully saturated rings. The van der Waals surface area contributed by atoms with Crippen LogP contribution in [-0.4, -0.2) is 36.2 Å². The molecule has 7 nitrogen and oxygen atoms in total. The van der Waals surface area contributed by atoms with Gasteiger partial charge in [-0.05, 0) is 58.3 Å². The van der Waals surface area contributed by atoms with Gasteiger partial charge in [-0.3, -0.25) is 4.79 Å². The number of nitrogens with zero attached hydrogens (tertiary/aromatic N) is 2. The molecule has 0 spiro atoms. The number of rotatable bonds is 6. The maximum Gasteiger partial charge on any atom is 0.495 e. The Labute approximate surface area is 170 Å². The number of hydrogen-bond acceptors (Lipinski definition) is 7. The van der Waals surface area contributed by atoms with E-state index in [0.717, 1.165) is 6.29 Å². The number of aldehydes is 1. The topological polar surface area (TPSA) is 90.7 Å². The van der Waals surface area contributed by atoms with Crippen LogP contribution in [0.4, 0.5) is 0 Å². The van der Waals surface area contributed by atoms with E-state index in [0.29, 0.717) is 28.9 Å². The van der Waals surface area contributed by atoms with E-state index in [9.17, 15) is 4.79 Å². The number of benzene rings is 1. The molecule has 1 saturated heterocycles. The highest BCUT2D eigenvalue weighted by Crippen LogP contribution is 2.37. The molecule has 0 aliphatic carbocycles. The minimum atomic E-state index is -0.646. The molecule has 1 aromatic carbocycles. The smallest absolute Gasteiger partial charge is 0.477 e. The van der Waals surface area contributed by atoms with Crippen molar-refractivity contribution in [3.8, 4) is 23.6 Å². The zero-order valence-electron chi connectivity index (χ0n) is 17.2. The number of hydrogen-bond donors (Lipinski definition) is 0. The molecule has 2 aromatic rings. The maximum atomic E-state index is 11.7. The Morgan fingerprint density at radius 2 is 1.86 bits per heavy atom. The predicted octanol–water partition coefficient (Wildman–Crippen LogP) is 3.26. The van der Waals surface area contributed by atoms with Crippen molar-refractivity contribution in [1.29, 1.82) is 5.26 Å². The van der Waals surface area contributed by atoms with E-state index in [1.165, 1.54) is 0 Å². The molecule has 0 atom stereocenters. The Hall–Kier alpha value is -2.89. The van der Waals surface area contributed by atoms with Crippen LogP contribution in [0.3, 0.4) is 0 Å². The molecule has 0 N–H and O–H groups in total. The summed E-state index contributed by atoms with van der Waals surface area (Å²) in [5.74, 6) is 0.886. The minimum Gasteiger partial charge on any atom is -0.477 e. The highest BCUT2D eigenvalue weighted by atomic mass is 16.7. The molecule has 8 heteroatoms. The van der Waals surface area contributed by atoms with Crippen LogP contribution in [-0.2, 0) is 9.31 Å². The van der Waals surface area contributed by atoms with Crippen molar-refractivity contribution < 1.29 is 23.6 Å². The van der Waals surface area contributed by atoms with Crippen LogP contribution in [0.15, 0.2) is 30.3 Å². The van der Waals surface area contributed by atoms with E-state index in [1.54, 1.807) is 37.3 Å². The van der Waals surface area contributed by atoms with Gasteiger partial charge in [-0.2, -0.15) is 10.2 Å². The predicted molar refractivity (Wildman–Crippen MR) is 108 cm³/mol. The van der Waals surface area contributed by atoms with Crippen LogP contribution in [0.2, 0.25) is 0 Å². The SMILES string of the molecule is CCOc1nc(Oc2ccc(B3OC(C)(C)C(C)(C)O3)c(C=O)c2)ccc1C#N. The first-order chi connectivity index (χ1) is 13.7. The second-order valence-corrected chi connectivity index (χ2v) is 7.65. The molecule has 1 aliphatic rings. The Balaban J connectivity index is 1.86. The quantitative estimate of drug-likeness (QED) is 0.549. The Morgan fingerprint density at radius 1 is 1.17 bits per heavy atom. The van der Waals surface area contributed by atoms with Gasteiger partial charge in [-0.1, -0.05) is 6.07 Å². The van der Waals surface area contributed by atoms with E-state index >= 15 is 0 Å². The number of carbonyl (C=O) groups excluding carboxylic acids is 1. The molecule has 1 aliphatic heterocycles. The lowest BCUT2D eigenvalue weighted by atomic mass is 9.76. The number of ether oxygens (including phenoxy) is 2. The monoisotopic (exact) mass is 394 g/mol. The Bertz CT molecular complexity index is 952. The van der Waals surface area contributed by atoms with E-state index in [2.05, 4.69) is 4.98 Å². The van der Waals surface area contributed by atoms with Gasteiger partial charge in [-0.15, -0.1) is 0 Å². The van der Waals surface area contributed by atoms with Gasteiger partial charge in [0.2, 0.25) is 11.8 Å². The second kappa shape index (κ2) is 7.86. The maximum absolute atomic E-state index is 11.7. The van der Waals surface area contributed by atoms with Crippen LogP contribution >= 0.6 is 0 Å². The highest BCUT2D eigenvalue weighted by molar-refractivity contribution is 6.63. The zero-order chi connectivity index (χ0) is 21.2. The lowest BCUT2D eigenvalue weighted by molar-refractivity contribution is 0.00578. The molecular weight excluding hydrogens is 371 g/mol. The fraction of sp³-hybridized carbons (Fsp3) is 0.381. The lowest BCUT2D eigenvalue weighted by Crippen LogP contribution is -2.41. The molecule has 2 heterocycles. The first kappa shape index (κ1) is 20.8. The van der Waals surface area contributed by atoms with Gasteiger partial charge >= 0.3 is 7.12 Å². The van der Waals surface area contributed by atoms with Gasteiger partial charge in [0.15, 0.2) is 0 Å². The third kappa shape index (κ3) is 4.11. The third-order valence-corrected chi connectivity index (χ3v) is 5.15.